The minimum atomic E-state index is -0.586. The molecule has 0 aliphatic heterocycles. The van der Waals surface area contributed by atoms with Crippen molar-refractivity contribution in [2.75, 3.05) is 19.8 Å². The topological polar surface area (TPSA) is 73.9 Å². The Bertz CT molecular complexity index is 802. The average molecular weight is 418 g/mol. The second-order valence-corrected chi connectivity index (χ2v) is 7.17. The molecule has 0 unspecified atom stereocenters. The lowest BCUT2D eigenvalue weighted by Crippen LogP contribution is -2.27. The fourth-order valence-corrected chi connectivity index (χ4v) is 2.99. The smallest absolute Gasteiger partial charge is 0.331 e. The number of carbonyl (C=O) groups excluding carboxylic acids is 2. The third-order valence-corrected chi connectivity index (χ3v) is 4.70. The van der Waals surface area contributed by atoms with Crippen molar-refractivity contribution in [1.29, 1.82) is 0 Å². The molecular weight excluding hydrogens is 390 g/mol. The third-order valence-electron chi connectivity index (χ3n) is 3.82. The van der Waals surface area contributed by atoms with Crippen LogP contribution in [-0.4, -0.2) is 31.7 Å². The van der Waals surface area contributed by atoms with Gasteiger partial charge in [-0.05, 0) is 48.6 Å². The summed E-state index contributed by atoms with van der Waals surface area (Å²) in [7, 11) is 0. The van der Waals surface area contributed by atoms with E-state index >= 15 is 0 Å². The fraction of sp³-hybridized carbons (Fsp3) is 0.364. The van der Waals surface area contributed by atoms with Gasteiger partial charge < -0.3 is 19.5 Å². The first-order chi connectivity index (χ1) is 14.1. The molecule has 156 valence electrons. The summed E-state index contributed by atoms with van der Waals surface area (Å²) in [6.45, 7) is 5.26. The Balaban J connectivity index is 1.83. The quantitative estimate of drug-likeness (QED) is 0.318. The summed E-state index contributed by atoms with van der Waals surface area (Å²) in [4.78, 5) is 24.6. The molecule has 1 amide bonds. The number of carbonyl (C=O) groups is 2. The highest BCUT2D eigenvalue weighted by Gasteiger charge is 2.07. The Morgan fingerprint density at radius 2 is 2.00 bits per heavy atom. The molecule has 2 rings (SSSR count). The molecule has 0 saturated carbocycles. The van der Waals surface area contributed by atoms with Crippen molar-refractivity contribution in [2.45, 2.75) is 33.2 Å². The Morgan fingerprint density at radius 3 is 2.72 bits per heavy atom. The van der Waals surface area contributed by atoms with Crippen molar-refractivity contribution in [2.24, 2.45) is 0 Å². The van der Waals surface area contributed by atoms with Crippen molar-refractivity contribution in [3.63, 3.8) is 0 Å². The zero-order valence-electron chi connectivity index (χ0n) is 16.8. The maximum absolute atomic E-state index is 11.9. The molecular formula is C22H27NO5S. The molecule has 1 heterocycles. The van der Waals surface area contributed by atoms with Gasteiger partial charge in [-0.1, -0.05) is 25.5 Å². The van der Waals surface area contributed by atoms with Crippen LogP contribution in [0.3, 0.4) is 0 Å². The second kappa shape index (κ2) is 12.6. The number of nitrogens with one attached hydrogen (secondary N) is 1. The minimum Gasteiger partial charge on any atom is -0.490 e. The zero-order valence-corrected chi connectivity index (χ0v) is 17.6. The van der Waals surface area contributed by atoms with Crippen molar-refractivity contribution in [1.82, 2.24) is 5.32 Å². The first-order valence-electron chi connectivity index (χ1n) is 9.66. The summed E-state index contributed by atoms with van der Waals surface area (Å²) in [5.41, 5.74) is 0.774. The number of benzene rings is 1. The van der Waals surface area contributed by atoms with Crippen LogP contribution in [0.15, 0.2) is 41.8 Å². The molecule has 0 radical (unpaired) electrons. The highest BCUT2D eigenvalue weighted by Crippen LogP contribution is 2.29. The summed E-state index contributed by atoms with van der Waals surface area (Å²) < 4.78 is 16.3. The first-order valence-corrected chi connectivity index (χ1v) is 10.5. The monoisotopic (exact) mass is 417 g/mol. The number of hydrogen-bond donors (Lipinski definition) is 1. The highest BCUT2D eigenvalue weighted by atomic mass is 32.1. The predicted octanol–water partition coefficient (Wildman–Crippen LogP) is 4.20. The Hall–Kier alpha value is -2.80. The van der Waals surface area contributed by atoms with Crippen LogP contribution < -0.4 is 14.8 Å². The van der Waals surface area contributed by atoms with E-state index in [1.807, 2.05) is 42.6 Å². The van der Waals surface area contributed by atoms with E-state index in [9.17, 15) is 9.59 Å². The van der Waals surface area contributed by atoms with Crippen LogP contribution in [0.2, 0.25) is 0 Å². The fourth-order valence-electron chi connectivity index (χ4n) is 2.34. The van der Waals surface area contributed by atoms with Crippen molar-refractivity contribution in [3.8, 4) is 11.5 Å². The van der Waals surface area contributed by atoms with Gasteiger partial charge in [-0.25, -0.2) is 4.79 Å². The maximum Gasteiger partial charge on any atom is 0.331 e. The van der Waals surface area contributed by atoms with Crippen LogP contribution in [0, 0.1) is 0 Å². The van der Waals surface area contributed by atoms with E-state index in [2.05, 4.69) is 12.2 Å². The summed E-state index contributed by atoms with van der Waals surface area (Å²) in [6, 6.07) is 9.31. The van der Waals surface area contributed by atoms with E-state index in [1.165, 1.54) is 6.08 Å². The van der Waals surface area contributed by atoms with Crippen LogP contribution in [0.5, 0.6) is 11.5 Å². The number of ether oxygens (including phenoxy) is 3. The standard InChI is InChI=1S/C22H27NO5S/c1-3-5-12-27-19-10-8-17(14-20(19)26-4-2)9-11-22(25)28-16-21(24)23-15-18-7-6-13-29-18/h6-11,13-14H,3-5,12,15-16H2,1-2H3,(H,23,24)/b11-9+. The van der Waals surface area contributed by atoms with Gasteiger partial charge in [-0.2, -0.15) is 0 Å². The summed E-state index contributed by atoms with van der Waals surface area (Å²) in [5.74, 6) is 0.388. The van der Waals surface area contributed by atoms with Crippen molar-refractivity contribution in [3.05, 3.63) is 52.2 Å². The van der Waals surface area contributed by atoms with E-state index in [-0.39, 0.29) is 12.5 Å². The minimum absolute atomic E-state index is 0.317. The molecule has 1 N–H and O–H groups in total. The SMILES string of the molecule is CCCCOc1ccc(/C=C/C(=O)OCC(=O)NCc2cccs2)cc1OCC. The molecule has 1 aromatic heterocycles. The Kier molecular flexibility index (Phi) is 9.78. The first kappa shape index (κ1) is 22.5. The van der Waals surface area contributed by atoms with Gasteiger partial charge in [-0.3, -0.25) is 4.79 Å². The molecule has 0 aliphatic rings. The van der Waals surface area contributed by atoms with Gasteiger partial charge in [0.25, 0.3) is 5.91 Å². The number of esters is 1. The molecule has 1 aromatic carbocycles. The van der Waals surface area contributed by atoms with E-state index in [0.29, 0.717) is 31.3 Å². The molecule has 2 aromatic rings. The van der Waals surface area contributed by atoms with Crippen LogP contribution in [-0.2, 0) is 20.9 Å². The molecule has 29 heavy (non-hydrogen) atoms. The van der Waals surface area contributed by atoms with Crippen LogP contribution >= 0.6 is 11.3 Å². The van der Waals surface area contributed by atoms with Gasteiger partial charge in [0.1, 0.15) is 0 Å². The van der Waals surface area contributed by atoms with Gasteiger partial charge in [-0.15, -0.1) is 11.3 Å². The Labute approximate surface area is 175 Å². The lowest BCUT2D eigenvalue weighted by atomic mass is 10.2. The van der Waals surface area contributed by atoms with Crippen LogP contribution in [0.4, 0.5) is 0 Å². The normalized spacial score (nSPS) is 10.7. The summed E-state index contributed by atoms with van der Waals surface area (Å²) in [6.07, 6.45) is 4.93. The predicted molar refractivity (Wildman–Crippen MR) is 114 cm³/mol. The zero-order chi connectivity index (χ0) is 20.9. The highest BCUT2D eigenvalue weighted by molar-refractivity contribution is 7.09. The van der Waals surface area contributed by atoms with Crippen molar-refractivity contribution >= 4 is 29.3 Å². The van der Waals surface area contributed by atoms with E-state index in [4.69, 9.17) is 14.2 Å². The third kappa shape index (κ3) is 8.39. The Morgan fingerprint density at radius 1 is 1.14 bits per heavy atom. The maximum atomic E-state index is 11.9. The number of thiophene rings is 1. The molecule has 0 aliphatic carbocycles. The number of rotatable bonds is 12. The van der Waals surface area contributed by atoms with E-state index in [0.717, 1.165) is 23.3 Å². The number of hydrogen-bond acceptors (Lipinski definition) is 6. The largest absolute Gasteiger partial charge is 0.490 e. The number of amides is 1. The lowest BCUT2D eigenvalue weighted by molar-refractivity contribution is -0.143. The second-order valence-electron chi connectivity index (χ2n) is 6.14. The summed E-state index contributed by atoms with van der Waals surface area (Å²) in [5, 5.41) is 4.64. The summed E-state index contributed by atoms with van der Waals surface area (Å²) >= 11 is 1.55. The molecule has 0 spiro atoms. The van der Waals surface area contributed by atoms with Gasteiger partial charge in [0.15, 0.2) is 18.1 Å². The molecule has 0 saturated heterocycles. The molecule has 0 fully saturated rings. The van der Waals surface area contributed by atoms with Gasteiger partial charge in [0.05, 0.1) is 19.8 Å². The van der Waals surface area contributed by atoms with E-state index < -0.39 is 5.97 Å². The molecule has 0 atom stereocenters. The molecule has 0 bridgehead atoms. The molecule has 6 nitrogen and oxygen atoms in total. The average Bonchev–Trinajstić information content (AvgIpc) is 3.24. The van der Waals surface area contributed by atoms with Gasteiger partial charge in [0.2, 0.25) is 0 Å². The van der Waals surface area contributed by atoms with Gasteiger partial charge >= 0.3 is 5.97 Å². The molecule has 7 heteroatoms. The van der Waals surface area contributed by atoms with Crippen LogP contribution in [0.25, 0.3) is 6.08 Å². The number of unbranched alkanes of at least 4 members (excludes halogenated alkanes) is 1. The lowest BCUT2D eigenvalue weighted by Gasteiger charge is -2.12. The van der Waals surface area contributed by atoms with Crippen LogP contribution in [0.1, 0.15) is 37.1 Å². The van der Waals surface area contributed by atoms with Gasteiger partial charge in [0, 0.05) is 11.0 Å². The van der Waals surface area contributed by atoms with E-state index in [1.54, 1.807) is 17.4 Å². The van der Waals surface area contributed by atoms with Crippen molar-refractivity contribution < 1.29 is 23.8 Å².